The van der Waals surface area contributed by atoms with E-state index in [0.717, 1.165) is 36.8 Å². The number of carbonyl (C=O) groups is 1. The van der Waals surface area contributed by atoms with Gasteiger partial charge < -0.3 is 9.32 Å². The fraction of sp³-hybridized carbons (Fsp3) is 0.526. The van der Waals surface area contributed by atoms with Gasteiger partial charge in [-0.15, -0.1) is 5.10 Å². The van der Waals surface area contributed by atoms with E-state index in [0.29, 0.717) is 12.1 Å². The fourth-order valence-corrected chi connectivity index (χ4v) is 4.37. The zero-order valence-corrected chi connectivity index (χ0v) is 16.8. The van der Waals surface area contributed by atoms with E-state index < -0.39 is 26.7 Å². The number of amides is 1. The molecule has 7 nitrogen and oxygen atoms in total. The van der Waals surface area contributed by atoms with Crippen LogP contribution in [0.4, 0.5) is 0 Å². The lowest BCUT2D eigenvalue weighted by Crippen LogP contribution is -2.45. The molecule has 1 amide bonds. The zero-order chi connectivity index (χ0) is 19.6. The van der Waals surface area contributed by atoms with Crippen molar-refractivity contribution in [2.45, 2.75) is 57.7 Å². The molecule has 0 aliphatic carbocycles. The molecule has 8 heteroatoms. The van der Waals surface area contributed by atoms with Crippen molar-refractivity contribution < 1.29 is 17.6 Å². The molecular formula is C19H25N3O4S. The monoisotopic (exact) mass is 391 g/mol. The Labute approximate surface area is 159 Å². The lowest BCUT2D eigenvalue weighted by molar-refractivity contribution is -0.132. The lowest BCUT2D eigenvalue weighted by atomic mass is 10.0. The maximum Gasteiger partial charge on any atom is 0.336 e. The number of sulfone groups is 1. The summed E-state index contributed by atoms with van der Waals surface area (Å²) >= 11 is 0. The molecule has 0 spiro atoms. The third-order valence-electron chi connectivity index (χ3n) is 5.16. The third-order valence-corrected chi connectivity index (χ3v) is 6.48. The Hall–Kier alpha value is -2.22. The highest BCUT2D eigenvalue weighted by Crippen LogP contribution is 2.24. The molecule has 1 aliphatic rings. The van der Waals surface area contributed by atoms with Crippen molar-refractivity contribution in [1.29, 1.82) is 0 Å². The summed E-state index contributed by atoms with van der Waals surface area (Å²) in [6.07, 6.45) is 3.71. The molecular weight excluding hydrogens is 366 g/mol. The van der Waals surface area contributed by atoms with Crippen LogP contribution in [0.3, 0.4) is 0 Å². The van der Waals surface area contributed by atoms with E-state index >= 15 is 0 Å². The van der Waals surface area contributed by atoms with Crippen LogP contribution >= 0.6 is 0 Å². The van der Waals surface area contributed by atoms with Crippen molar-refractivity contribution in [2.24, 2.45) is 0 Å². The topological polar surface area (TPSA) is 93.4 Å². The molecule has 1 unspecified atom stereocenters. The highest BCUT2D eigenvalue weighted by Gasteiger charge is 2.32. The first-order chi connectivity index (χ1) is 12.8. The number of nitrogens with zero attached hydrogens (tertiary/aromatic N) is 3. The van der Waals surface area contributed by atoms with Gasteiger partial charge in [0.05, 0.1) is 0 Å². The van der Waals surface area contributed by atoms with Crippen molar-refractivity contribution in [1.82, 2.24) is 15.1 Å². The van der Waals surface area contributed by atoms with Crippen LogP contribution in [-0.4, -0.2) is 47.8 Å². The molecule has 146 valence electrons. The number of hydrogen-bond acceptors (Lipinski definition) is 6. The molecule has 0 saturated carbocycles. The van der Waals surface area contributed by atoms with Gasteiger partial charge in [-0.3, -0.25) is 4.79 Å². The van der Waals surface area contributed by atoms with Crippen LogP contribution in [-0.2, 0) is 14.6 Å². The highest BCUT2D eigenvalue weighted by molar-refractivity contribution is 7.91. The first kappa shape index (κ1) is 19.5. The van der Waals surface area contributed by atoms with E-state index in [9.17, 15) is 13.2 Å². The van der Waals surface area contributed by atoms with Gasteiger partial charge in [0.25, 0.3) is 0 Å². The maximum atomic E-state index is 12.6. The minimum Gasteiger partial charge on any atom is -0.408 e. The van der Waals surface area contributed by atoms with Crippen LogP contribution in [0.15, 0.2) is 27.8 Å². The van der Waals surface area contributed by atoms with Crippen LogP contribution < -0.4 is 0 Å². The van der Waals surface area contributed by atoms with Crippen LogP contribution in [0.25, 0.3) is 11.5 Å². The number of aromatic nitrogens is 2. The second kappa shape index (κ2) is 7.80. The summed E-state index contributed by atoms with van der Waals surface area (Å²) in [5.74, 6) is -0.904. The first-order valence-electron chi connectivity index (χ1n) is 9.25. The van der Waals surface area contributed by atoms with Crippen LogP contribution in [0.2, 0.25) is 0 Å². The van der Waals surface area contributed by atoms with Crippen molar-refractivity contribution in [3.05, 3.63) is 29.3 Å². The predicted octanol–water partition coefficient (Wildman–Crippen LogP) is 2.92. The van der Waals surface area contributed by atoms with Crippen LogP contribution in [0, 0.1) is 13.8 Å². The number of hydrogen-bond donors (Lipinski definition) is 0. The predicted molar refractivity (Wildman–Crippen MR) is 101 cm³/mol. The number of likely N-dealkylation sites (tertiary alicyclic amines) is 1. The number of aryl methyl sites for hydroxylation is 2. The average molecular weight is 391 g/mol. The molecule has 27 heavy (non-hydrogen) atoms. The first-order valence-corrected chi connectivity index (χ1v) is 10.9. The lowest BCUT2D eigenvalue weighted by Gasteiger charge is -2.35. The molecule has 1 aromatic heterocycles. The SMILES string of the molecule is CCC1CCCCN1C(=O)CS(=O)(=O)c1nnc(-c2ccc(C)c(C)c2)o1. The van der Waals surface area contributed by atoms with Gasteiger partial charge in [-0.05, 0) is 62.8 Å². The van der Waals surface area contributed by atoms with Crippen LogP contribution in [0.5, 0.6) is 0 Å². The summed E-state index contributed by atoms with van der Waals surface area (Å²) < 4.78 is 30.6. The molecule has 2 heterocycles. The van der Waals surface area contributed by atoms with Crippen molar-refractivity contribution in [3.8, 4) is 11.5 Å². The Morgan fingerprint density at radius 1 is 1.22 bits per heavy atom. The fourth-order valence-electron chi connectivity index (χ4n) is 3.39. The minimum absolute atomic E-state index is 0.107. The van der Waals surface area contributed by atoms with Gasteiger partial charge in [-0.25, -0.2) is 8.42 Å². The molecule has 1 aliphatic heterocycles. The Kier molecular flexibility index (Phi) is 5.64. The van der Waals surface area contributed by atoms with E-state index in [1.807, 2.05) is 32.9 Å². The normalized spacial score (nSPS) is 17.9. The quantitative estimate of drug-likeness (QED) is 0.778. The van der Waals surface area contributed by atoms with Crippen molar-refractivity contribution in [3.63, 3.8) is 0 Å². The van der Waals surface area contributed by atoms with E-state index in [-0.39, 0.29) is 11.9 Å². The summed E-state index contributed by atoms with van der Waals surface area (Å²) in [4.78, 5) is 14.3. The highest BCUT2D eigenvalue weighted by atomic mass is 32.2. The molecule has 0 radical (unpaired) electrons. The average Bonchev–Trinajstić information content (AvgIpc) is 3.14. The van der Waals surface area contributed by atoms with Crippen molar-refractivity contribution >= 4 is 15.7 Å². The molecule has 1 fully saturated rings. The largest absolute Gasteiger partial charge is 0.408 e. The second-order valence-corrected chi connectivity index (χ2v) is 8.94. The third kappa shape index (κ3) is 4.21. The van der Waals surface area contributed by atoms with Crippen molar-refractivity contribution in [2.75, 3.05) is 12.3 Å². The molecule has 3 rings (SSSR count). The smallest absolute Gasteiger partial charge is 0.336 e. The van der Waals surface area contributed by atoms with E-state index in [1.165, 1.54) is 0 Å². The van der Waals surface area contributed by atoms with Gasteiger partial charge in [0, 0.05) is 18.2 Å². The van der Waals surface area contributed by atoms with E-state index in [1.54, 1.807) is 11.0 Å². The molecule has 1 saturated heterocycles. The van der Waals surface area contributed by atoms with Gasteiger partial charge >= 0.3 is 5.22 Å². The maximum absolute atomic E-state index is 12.6. The van der Waals surface area contributed by atoms with Crippen LogP contribution in [0.1, 0.15) is 43.7 Å². The van der Waals surface area contributed by atoms with Gasteiger partial charge in [-0.1, -0.05) is 18.1 Å². The number of benzene rings is 1. The molecule has 1 aromatic carbocycles. The van der Waals surface area contributed by atoms with Gasteiger partial charge in [-0.2, -0.15) is 0 Å². The standard InChI is InChI=1S/C19H25N3O4S/c1-4-16-7-5-6-10-22(16)17(23)12-27(24,25)19-21-20-18(26-19)15-9-8-13(2)14(3)11-15/h8-9,11,16H,4-7,10,12H2,1-3H3. The summed E-state index contributed by atoms with van der Waals surface area (Å²) in [5, 5.41) is 7.03. The van der Waals surface area contributed by atoms with E-state index in [2.05, 4.69) is 10.2 Å². The van der Waals surface area contributed by atoms with Gasteiger partial charge in [0.2, 0.25) is 21.6 Å². The van der Waals surface area contributed by atoms with Gasteiger partial charge in [0.1, 0.15) is 5.75 Å². The van der Waals surface area contributed by atoms with Gasteiger partial charge in [0.15, 0.2) is 0 Å². The Bertz CT molecular complexity index is 936. The summed E-state index contributed by atoms with van der Waals surface area (Å²) in [7, 11) is -3.98. The van der Waals surface area contributed by atoms with E-state index in [4.69, 9.17) is 4.42 Å². The molecule has 1 atom stereocenters. The minimum atomic E-state index is -3.98. The number of piperidine rings is 1. The Morgan fingerprint density at radius 2 is 2.00 bits per heavy atom. The second-order valence-electron chi connectivity index (χ2n) is 7.08. The molecule has 0 bridgehead atoms. The Balaban J connectivity index is 1.78. The molecule has 0 N–H and O–H groups in total. The summed E-state index contributed by atoms with van der Waals surface area (Å²) in [6.45, 7) is 6.55. The zero-order valence-electron chi connectivity index (χ0n) is 15.9. The number of rotatable bonds is 5. The molecule has 2 aromatic rings. The summed E-state index contributed by atoms with van der Waals surface area (Å²) in [6, 6.07) is 5.68. The summed E-state index contributed by atoms with van der Waals surface area (Å²) in [5.41, 5.74) is 2.81. The Morgan fingerprint density at radius 3 is 2.70 bits per heavy atom. The number of carbonyl (C=O) groups excluding carboxylic acids is 1.